The molecule has 1 N–H and O–H groups in total. The number of hydrogen-bond acceptors (Lipinski definition) is 7. The lowest BCUT2D eigenvalue weighted by Crippen LogP contribution is -2.50. The molecule has 0 bridgehead atoms. The van der Waals surface area contributed by atoms with E-state index in [0.717, 1.165) is 35.5 Å². The van der Waals surface area contributed by atoms with Crippen molar-refractivity contribution in [3.8, 4) is 11.5 Å². The topological polar surface area (TPSA) is 95.9 Å². The molecule has 2 aromatic carbocycles. The molecule has 2 heterocycles. The molecule has 3 amide bonds. The quantitative estimate of drug-likeness (QED) is 0.472. The van der Waals surface area contributed by atoms with Crippen molar-refractivity contribution in [3.63, 3.8) is 0 Å². The van der Waals surface area contributed by atoms with Crippen LogP contribution in [0.25, 0.3) is 0 Å². The van der Waals surface area contributed by atoms with Gasteiger partial charge in [0.25, 0.3) is 5.91 Å². The van der Waals surface area contributed by atoms with Crippen LogP contribution < -0.4 is 14.8 Å². The fraction of sp³-hybridized carbons (Fsp3) is 0.516. The van der Waals surface area contributed by atoms with Gasteiger partial charge in [0.15, 0.2) is 11.5 Å². The molecule has 1 fully saturated rings. The van der Waals surface area contributed by atoms with E-state index < -0.39 is 0 Å². The van der Waals surface area contributed by atoms with Crippen molar-refractivity contribution in [1.82, 2.24) is 20.1 Å². The third-order valence-corrected chi connectivity index (χ3v) is 7.61. The number of nitrogens with zero attached hydrogens (tertiary/aromatic N) is 4. The minimum absolute atomic E-state index is 0.0517. The second kappa shape index (κ2) is 13.8. The molecule has 10 nitrogen and oxygen atoms in total. The molecule has 0 aliphatic carbocycles. The average molecular weight is 566 g/mol. The van der Waals surface area contributed by atoms with Crippen LogP contribution in [0.5, 0.6) is 11.5 Å². The Kier molecular flexibility index (Phi) is 10.2. The van der Waals surface area contributed by atoms with Gasteiger partial charge in [-0.2, -0.15) is 5.10 Å². The number of nitrogens with one attached hydrogen (secondary N) is 1. The summed E-state index contributed by atoms with van der Waals surface area (Å²) >= 11 is 0. The van der Waals surface area contributed by atoms with Gasteiger partial charge in [0, 0.05) is 38.6 Å². The number of morpholine rings is 1. The third kappa shape index (κ3) is 7.56. The predicted octanol–water partition coefficient (Wildman–Crippen LogP) is 3.75. The van der Waals surface area contributed by atoms with Crippen LogP contribution in [-0.4, -0.2) is 98.7 Å². The molecule has 4 rings (SSSR count). The lowest BCUT2D eigenvalue weighted by Gasteiger charge is -2.31. The summed E-state index contributed by atoms with van der Waals surface area (Å²) in [6, 6.07) is 11.2. The van der Waals surface area contributed by atoms with E-state index in [0.29, 0.717) is 44.2 Å². The molecule has 1 saturated heterocycles. The highest BCUT2D eigenvalue weighted by Crippen LogP contribution is 2.37. The summed E-state index contributed by atoms with van der Waals surface area (Å²) in [7, 11) is 3.19. The number of carbonyl (C=O) groups is 2. The molecule has 41 heavy (non-hydrogen) atoms. The van der Waals surface area contributed by atoms with Gasteiger partial charge in [0.1, 0.15) is 6.54 Å². The third-order valence-electron chi connectivity index (χ3n) is 7.61. The summed E-state index contributed by atoms with van der Waals surface area (Å²) in [5.41, 5.74) is 5.05. The zero-order valence-corrected chi connectivity index (χ0v) is 25.1. The molecular formula is C31H43N5O5. The van der Waals surface area contributed by atoms with Gasteiger partial charge in [-0.1, -0.05) is 18.2 Å². The summed E-state index contributed by atoms with van der Waals surface area (Å²) in [4.78, 5) is 31.0. The number of rotatable bonds is 10. The van der Waals surface area contributed by atoms with Crippen LogP contribution in [0.15, 0.2) is 41.5 Å². The van der Waals surface area contributed by atoms with Crippen molar-refractivity contribution in [2.24, 2.45) is 5.10 Å². The number of carbonyl (C=O) groups excluding carboxylic acids is 2. The Morgan fingerprint density at radius 3 is 2.44 bits per heavy atom. The molecule has 0 radical (unpaired) electrons. The smallest absolute Gasteiger partial charge is 0.318 e. The van der Waals surface area contributed by atoms with Crippen molar-refractivity contribution in [2.75, 3.05) is 60.2 Å². The summed E-state index contributed by atoms with van der Waals surface area (Å²) in [6.07, 6.45) is 0.537. The minimum atomic E-state index is -0.354. The Morgan fingerprint density at radius 2 is 1.78 bits per heavy atom. The Bertz CT molecular complexity index is 1260. The first-order valence-electron chi connectivity index (χ1n) is 14.2. The highest BCUT2D eigenvalue weighted by atomic mass is 16.5. The van der Waals surface area contributed by atoms with E-state index in [1.807, 2.05) is 38.1 Å². The van der Waals surface area contributed by atoms with Gasteiger partial charge in [0.05, 0.1) is 39.2 Å². The molecule has 0 aromatic heterocycles. The largest absolute Gasteiger partial charge is 0.493 e. The number of ether oxygens (including phenoxy) is 3. The van der Waals surface area contributed by atoms with Gasteiger partial charge in [0.2, 0.25) is 0 Å². The van der Waals surface area contributed by atoms with Gasteiger partial charge in [-0.3, -0.25) is 9.69 Å². The molecule has 0 saturated carbocycles. The Labute approximate surface area is 243 Å². The van der Waals surface area contributed by atoms with E-state index in [1.165, 1.54) is 10.6 Å². The van der Waals surface area contributed by atoms with Crippen LogP contribution in [0.4, 0.5) is 4.79 Å². The van der Waals surface area contributed by atoms with E-state index in [2.05, 4.69) is 36.2 Å². The Hall–Kier alpha value is -3.63. The Balaban J connectivity index is 1.62. The number of aryl methyl sites for hydroxylation is 2. The zero-order chi connectivity index (χ0) is 29.5. The normalized spacial score (nSPS) is 17.4. The standard InChI is InChI=1S/C31H43N5O5/c1-21(2)32-31(38)35(12-11-34-13-15-41-16-14-34)20-30(37)36-27(25-9-10-28(39-5)29(18-25)40-6)19-26(33-36)24-8-7-22(3)23(4)17-24/h7-10,17-18,21,27H,11-16,19-20H2,1-6H3,(H,32,38). The van der Waals surface area contributed by atoms with E-state index in [-0.39, 0.29) is 30.6 Å². The molecule has 0 spiro atoms. The van der Waals surface area contributed by atoms with Crippen LogP contribution in [-0.2, 0) is 9.53 Å². The molecule has 2 aliphatic rings. The van der Waals surface area contributed by atoms with Gasteiger partial charge < -0.3 is 24.4 Å². The number of methoxy groups -OCH3 is 2. The second-order valence-corrected chi connectivity index (χ2v) is 10.9. The average Bonchev–Trinajstić information content (AvgIpc) is 3.42. The molecule has 2 aromatic rings. The summed E-state index contributed by atoms with van der Waals surface area (Å²) in [5, 5.41) is 9.34. The first-order chi connectivity index (χ1) is 19.7. The summed E-state index contributed by atoms with van der Waals surface area (Å²) in [5.74, 6) is 0.951. The van der Waals surface area contributed by atoms with Crippen molar-refractivity contribution in [2.45, 2.75) is 46.2 Å². The van der Waals surface area contributed by atoms with Gasteiger partial charge in [-0.15, -0.1) is 0 Å². The molecule has 222 valence electrons. The van der Waals surface area contributed by atoms with Crippen LogP contribution in [0.2, 0.25) is 0 Å². The summed E-state index contributed by atoms with van der Waals surface area (Å²) < 4.78 is 16.4. The van der Waals surface area contributed by atoms with Gasteiger partial charge in [-0.25, -0.2) is 9.80 Å². The molecule has 10 heteroatoms. The predicted molar refractivity (Wildman–Crippen MR) is 159 cm³/mol. The lowest BCUT2D eigenvalue weighted by atomic mass is 9.96. The van der Waals surface area contributed by atoms with Gasteiger partial charge >= 0.3 is 6.03 Å². The monoisotopic (exact) mass is 565 g/mol. The lowest BCUT2D eigenvalue weighted by molar-refractivity contribution is -0.133. The fourth-order valence-electron chi connectivity index (χ4n) is 5.07. The number of urea groups is 1. The van der Waals surface area contributed by atoms with Crippen molar-refractivity contribution >= 4 is 17.6 Å². The molecular weight excluding hydrogens is 522 g/mol. The molecule has 2 aliphatic heterocycles. The Morgan fingerprint density at radius 1 is 1.05 bits per heavy atom. The van der Waals surface area contributed by atoms with Crippen molar-refractivity contribution in [1.29, 1.82) is 0 Å². The highest BCUT2D eigenvalue weighted by Gasteiger charge is 2.35. The molecule has 1 atom stereocenters. The SMILES string of the molecule is COc1ccc(C2CC(c3ccc(C)c(C)c3)=NN2C(=O)CN(CCN2CCOCC2)C(=O)NC(C)C)cc1OC. The van der Waals surface area contributed by atoms with Gasteiger partial charge in [-0.05, 0) is 68.1 Å². The van der Waals surface area contributed by atoms with E-state index in [9.17, 15) is 9.59 Å². The van der Waals surface area contributed by atoms with E-state index in [4.69, 9.17) is 19.3 Å². The number of benzene rings is 2. The zero-order valence-electron chi connectivity index (χ0n) is 25.1. The summed E-state index contributed by atoms with van der Waals surface area (Å²) in [6.45, 7) is 11.9. The maximum Gasteiger partial charge on any atom is 0.318 e. The fourth-order valence-corrected chi connectivity index (χ4v) is 5.07. The first kappa shape index (κ1) is 30.3. The number of hydrogen-bond donors (Lipinski definition) is 1. The van der Waals surface area contributed by atoms with Crippen LogP contribution in [0, 0.1) is 13.8 Å². The number of amides is 3. The van der Waals surface area contributed by atoms with Crippen LogP contribution in [0.1, 0.15) is 48.6 Å². The van der Waals surface area contributed by atoms with Crippen molar-refractivity contribution < 1.29 is 23.8 Å². The van der Waals surface area contributed by atoms with Crippen LogP contribution >= 0.6 is 0 Å². The van der Waals surface area contributed by atoms with E-state index in [1.54, 1.807) is 19.1 Å². The highest BCUT2D eigenvalue weighted by molar-refractivity contribution is 6.03. The second-order valence-electron chi connectivity index (χ2n) is 10.9. The minimum Gasteiger partial charge on any atom is -0.493 e. The van der Waals surface area contributed by atoms with E-state index >= 15 is 0 Å². The number of hydrazone groups is 1. The molecule has 1 unspecified atom stereocenters. The van der Waals surface area contributed by atoms with Crippen molar-refractivity contribution in [3.05, 3.63) is 58.7 Å². The maximum absolute atomic E-state index is 14.0. The maximum atomic E-state index is 14.0. The van der Waals surface area contributed by atoms with Crippen LogP contribution in [0.3, 0.4) is 0 Å². The first-order valence-corrected chi connectivity index (χ1v) is 14.2.